The molecule has 2 heterocycles. The van der Waals surface area contributed by atoms with Crippen LogP contribution in [0.2, 0.25) is 0 Å². The number of halogens is 1. The highest BCUT2D eigenvalue weighted by Gasteiger charge is 2.21. The van der Waals surface area contributed by atoms with Gasteiger partial charge in [-0.1, -0.05) is 23.4 Å². The van der Waals surface area contributed by atoms with Gasteiger partial charge in [-0.05, 0) is 56.0 Å². The van der Waals surface area contributed by atoms with Crippen LogP contribution in [0.5, 0.6) is 5.75 Å². The molecule has 0 radical (unpaired) electrons. The standard InChI is InChI=1S/C25H28N4O4.ClH/c1-16(2)32-23-7-6-18(12-19(23)13-26)25-27-24(28-33-25)22-5-3-4-17-8-10-29(11-9-21(17)22)14-20(31)15-30;/h3-7,12,16,20,30-31H,8-11,14-15H2,1-2H3;1H. The smallest absolute Gasteiger partial charge is 0.258 e. The van der Waals surface area contributed by atoms with Crippen LogP contribution in [-0.2, 0) is 12.8 Å². The molecule has 0 amide bonds. The normalized spacial score (nSPS) is 14.6. The molecule has 4 rings (SSSR count). The minimum atomic E-state index is -0.735. The summed E-state index contributed by atoms with van der Waals surface area (Å²) >= 11 is 0. The predicted octanol–water partition coefficient (Wildman–Crippen LogP) is 3.24. The summed E-state index contributed by atoms with van der Waals surface area (Å²) in [6, 6.07) is 13.5. The minimum absolute atomic E-state index is 0. The predicted molar refractivity (Wildman–Crippen MR) is 130 cm³/mol. The van der Waals surface area contributed by atoms with E-state index in [9.17, 15) is 10.4 Å². The molecule has 1 aromatic heterocycles. The van der Waals surface area contributed by atoms with Crippen molar-refractivity contribution < 1.29 is 19.5 Å². The van der Waals surface area contributed by atoms with E-state index < -0.39 is 6.10 Å². The quantitative estimate of drug-likeness (QED) is 0.525. The van der Waals surface area contributed by atoms with E-state index in [1.54, 1.807) is 12.1 Å². The van der Waals surface area contributed by atoms with E-state index >= 15 is 0 Å². The first-order valence-electron chi connectivity index (χ1n) is 11.2. The SMILES string of the molecule is CC(C)Oc1ccc(-c2nc(-c3cccc4c3CCN(CC(O)CO)CC4)no2)cc1C#N.Cl. The van der Waals surface area contributed by atoms with E-state index in [1.807, 2.05) is 32.0 Å². The molecule has 0 bridgehead atoms. The maximum atomic E-state index is 9.81. The van der Waals surface area contributed by atoms with Crippen molar-refractivity contribution in [2.45, 2.75) is 38.9 Å². The maximum Gasteiger partial charge on any atom is 0.258 e. The first kappa shape index (κ1) is 25.7. The maximum absolute atomic E-state index is 9.81. The topological polar surface area (TPSA) is 116 Å². The third-order valence-corrected chi connectivity index (χ3v) is 5.70. The van der Waals surface area contributed by atoms with Gasteiger partial charge >= 0.3 is 0 Å². The molecule has 180 valence electrons. The highest BCUT2D eigenvalue weighted by atomic mass is 35.5. The Morgan fingerprint density at radius 1 is 1.21 bits per heavy atom. The Bertz CT molecular complexity index is 1160. The highest BCUT2D eigenvalue weighted by molar-refractivity contribution is 5.85. The Labute approximate surface area is 205 Å². The summed E-state index contributed by atoms with van der Waals surface area (Å²) in [7, 11) is 0. The fourth-order valence-electron chi connectivity index (χ4n) is 4.13. The molecule has 8 nitrogen and oxygen atoms in total. The fourth-order valence-corrected chi connectivity index (χ4v) is 4.13. The van der Waals surface area contributed by atoms with Crippen LogP contribution in [0.4, 0.5) is 0 Å². The lowest BCUT2D eigenvalue weighted by atomic mass is 9.97. The largest absolute Gasteiger partial charge is 0.490 e. The summed E-state index contributed by atoms with van der Waals surface area (Å²) in [4.78, 5) is 6.78. The summed E-state index contributed by atoms with van der Waals surface area (Å²) in [5.41, 5.74) is 4.39. The number of ether oxygens (including phenoxy) is 1. The van der Waals surface area contributed by atoms with Crippen molar-refractivity contribution in [2.24, 2.45) is 0 Å². The molecule has 0 saturated carbocycles. The van der Waals surface area contributed by atoms with Crippen molar-refractivity contribution in [3.05, 3.63) is 53.1 Å². The van der Waals surface area contributed by atoms with Crippen molar-refractivity contribution >= 4 is 12.4 Å². The van der Waals surface area contributed by atoms with E-state index in [-0.39, 0.29) is 25.1 Å². The molecule has 1 aliphatic rings. The van der Waals surface area contributed by atoms with E-state index in [0.29, 0.717) is 35.1 Å². The number of aromatic nitrogens is 2. The first-order valence-corrected chi connectivity index (χ1v) is 11.2. The molecule has 2 aromatic carbocycles. The van der Waals surface area contributed by atoms with E-state index in [0.717, 1.165) is 31.5 Å². The second-order valence-corrected chi connectivity index (χ2v) is 8.49. The molecule has 0 aliphatic carbocycles. The number of aliphatic hydroxyl groups excluding tert-OH is 2. The Morgan fingerprint density at radius 3 is 2.74 bits per heavy atom. The zero-order valence-electron chi connectivity index (χ0n) is 19.3. The monoisotopic (exact) mass is 484 g/mol. The molecule has 2 N–H and O–H groups in total. The molecule has 3 aromatic rings. The lowest BCUT2D eigenvalue weighted by molar-refractivity contribution is 0.0605. The molecule has 1 atom stereocenters. The van der Waals surface area contributed by atoms with Crippen molar-refractivity contribution in [3.63, 3.8) is 0 Å². The number of β-amino-alcohol motifs (C(OH)–C–C–N with tert-alkyl or cyclic N) is 1. The number of nitrogens with zero attached hydrogens (tertiary/aromatic N) is 4. The van der Waals surface area contributed by atoms with Crippen molar-refractivity contribution in [1.29, 1.82) is 5.26 Å². The first-order chi connectivity index (χ1) is 16.0. The number of hydrogen-bond acceptors (Lipinski definition) is 8. The summed E-state index contributed by atoms with van der Waals surface area (Å²) < 4.78 is 11.2. The number of hydrogen-bond donors (Lipinski definition) is 2. The lowest BCUT2D eigenvalue weighted by Crippen LogP contribution is -2.36. The van der Waals surface area contributed by atoms with Crippen LogP contribution in [0.15, 0.2) is 40.9 Å². The van der Waals surface area contributed by atoms with Crippen LogP contribution in [0.25, 0.3) is 22.8 Å². The molecule has 9 heteroatoms. The van der Waals surface area contributed by atoms with Crippen molar-refractivity contribution in [3.8, 4) is 34.7 Å². The molecular weight excluding hydrogens is 456 g/mol. The lowest BCUT2D eigenvalue weighted by Gasteiger charge is -2.21. The molecule has 0 fully saturated rings. The zero-order chi connectivity index (χ0) is 23.4. The van der Waals surface area contributed by atoms with Gasteiger partial charge in [0.1, 0.15) is 11.8 Å². The highest BCUT2D eigenvalue weighted by Crippen LogP contribution is 2.31. The number of rotatable bonds is 7. The summed E-state index contributed by atoms with van der Waals surface area (Å²) in [6.45, 7) is 5.62. The van der Waals surface area contributed by atoms with Crippen molar-refractivity contribution in [1.82, 2.24) is 15.0 Å². The van der Waals surface area contributed by atoms with Gasteiger partial charge in [-0.15, -0.1) is 12.4 Å². The van der Waals surface area contributed by atoms with Crippen LogP contribution in [-0.4, -0.2) is 63.7 Å². The number of fused-ring (bicyclic) bond motifs is 1. The molecular formula is C25H29ClN4O4. The summed E-state index contributed by atoms with van der Waals surface area (Å²) in [6.07, 6.45) is 0.859. The Morgan fingerprint density at radius 2 is 2.00 bits per heavy atom. The van der Waals surface area contributed by atoms with Gasteiger partial charge in [0.2, 0.25) is 5.82 Å². The van der Waals surface area contributed by atoms with Crippen LogP contribution in [0.1, 0.15) is 30.5 Å². The average Bonchev–Trinajstić information content (AvgIpc) is 3.21. The average molecular weight is 485 g/mol. The third-order valence-electron chi connectivity index (χ3n) is 5.70. The van der Waals surface area contributed by atoms with Crippen LogP contribution in [0, 0.1) is 11.3 Å². The second kappa shape index (κ2) is 11.4. The van der Waals surface area contributed by atoms with Gasteiger partial charge in [0.25, 0.3) is 5.89 Å². The second-order valence-electron chi connectivity index (χ2n) is 8.49. The van der Waals surface area contributed by atoms with E-state index in [1.165, 1.54) is 11.1 Å². The Kier molecular flexibility index (Phi) is 8.64. The van der Waals surface area contributed by atoms with Gasteiger partial charge in [0.05, 0.1) is 24.4 Å². The summed E-state index contributed by atoms with van der Waals surface area (Å²) in [5.74, 6) is 1.38. The molecule has 0 saturated heterocycles. The van der Waals surface area contributed by atoms with Gasteiger partial charge in [-0.3, -0.25) is 0 Å². The number of nitriles is 1. The fraction of sp³-hybridized carbons (Fsp3) is 0.400. The number of benzene rings is 2. The van der Waals surface area contributed by atoms with Crippen LogP contribution in [0.3, 0.4) is 0 Å². The zero-order valence-corrected chi connectivity index (χ0v) is 20.1. The van der Waals surface area contributed by atoms with Gasteiger partial charge in [-0.25, -0.2) is 0 Å². The van der Waals surface area contributed by atoms with Crippen LogP contribution >= 0.6 is 12.4 Å². The van der Waals surface area contributed by atoms with E-state index in [4.69, 9.17) is 14.4 Å². The molecule has 34 heavy (non-hydrogen) atoms. The third kappa shape index (κ3) is 5.75. The molecule has 0 spiro atoms. The van der Waals surface area contributed by atoms with E-state index in [2.05, 4.69) is 27.2 Å². The van der Waals surface area contributed by atoms with Gasteiger partial charge < -0.3 is 24.4 Å². The Balaban J connectivity index is 0.00000324. The van der Waals surface area contributed by atoms with Crippen LogP contribution < -0.4 is 4.74 Å². The minimum Gasteiger partial charge on any atom is -0.490 e. The number of aliphatic hydroxyl groups is 2. The van der Waals surface area contributed by atoms with Gasteiger partial charge in [-0.2, -0.15) is 10.2 Å². The van der Waals surface area contributed by atoms with Crippen molar-refractivity contribution in [2.75, 3.05) is 26.2 Å². The Hall–Kier alpha value is -2.96. The summed E-state index contributed by atoms with van der Waals surface area (Å²) in [5, 5.41) is 32.7. The molecule has 1 aliphatic heterocycles. The van der Waals surface area contributed by atoms with Gasteiger partial charge in [0, 0.05) is 30.8 Å². The van der Waals surface area contributed by atoms with Gasteiger partial charge in [0.15, 0.2) is 0 Å². The molecule has 1 unspecified atom stereocenters.